The fourth-order valence-electron chi connectivity index (χ4n) is 4.83. The highest BCUT2D eigenvalue weighted by Crippen LogP contribution is 2.38. The Labute approximate surface area is 184 Å². The highest BCUT2D eigenvalue weighted by Gasteiger charge is 2.36. The number of hydrogen-bond donors (Lipinski definition) is 1. The van der Waals surface area contributed by atoms with Gasteiger partial charge < -0.3 is 19.5 Å². The molecule has 162 valence electrons. The van der Waals surface area contributed by atoms with Crippen LogP contribution in [0.1, 0.15) is 18.1 Å². The van der Waals surface area contributed by atoms with Gasteiger partial charge in [0.05, 0.1) is 26.0 Å². The lowest BCUT2D eigenvalue weighted by Gasteiger charge is -2.44. The molecule has 0 spiro atoms. The smallest absolute Gasteiger partial charge is 0.122 e. The lowest BCUT2D eigenvalue weighted by Crippen LogP contribution is -2.56. The fraction of sp³-hybridized carbons (Fsp3) is 0.500. The monoisotopic (exact) mass is 428 g/mol. The predicted molar refractivity (Wildman–Crippen MR) is 123 cm³/mol. The van der Waals surface area contributed by atoms with Crippen molar-refractivity contribution in [2.45, 2.75) is 36.8 Å². The summed E-state index contributed by atoms with van der Waals surface area (Å²) in [6.45, 7) is 6.06. The molecule has 0 bridgehead atoms. The first-order valence-electron chi connectivity index (χ1n) is 10.8. The molecule has 4 rings (SSSR count). The number of aliphatic hydroxyl groups excluding tert-OH is 1. The summed E-state index contributed by atoms with van der Waals surface area (Å²) in [5.41, 5.74) is 3.61. The summed E-state index contributed by atoms with van der Waals surface area (Å²) < 4.78 is 11.2. The number of rotatable bonds is 6. The normalized spacial score (nSPS) is 21.9. The van der Waals surface area contributed by atoms with Crippen molar-refractivity contribution in [3.8, 4) is 11.5 Å². The van der Waals surface area contributed by atoms with Crippen LogP contribution in [0.4, 0.5) is 5.69 Å². The van der Waals surface area contributed by atoms with E-state index in [-0.39, 0.29) is 6.04 Å². The molecule has 0 saturated carbocycles. The van der Waals surface area contributed by atoms with Gasteiger partial charge in [-0.05, 0) is 36.4 Å². The first kappa shape index (κ1) is 21.3. The number of nitrogens with zero attached hydrogens (tertiary/aromatic N) is 2. The van der Waals surface area contributed by atoms with Gasteiger partial charge in [0.15, 0.2) is 0 Å². The standard InChI is InChI=1S/C24H32N2O3S/c1-4-30-24-8-6-5-7-19(24)25-11-13-26(14-12-25)20-15-17-18(16-21(20)27)23(29-3)10-9-22(17)28-2/h5-10,20-21,27H,4,11-16H2,1-3H3. The van der Waals surface area contributed by atoms with Gasteiger partial charge in [0.2, 0.25) is 0 Å². The highest BCUT2D eigenvalue weighted by atomic mass is 32.2. The molecule has 2 aliphatic rings. The fourth-order valence-corrected chi connectivity index (χ4v) is 5.66. The van der Waals surface area contributed by atoms with Crippen LogP contribution in [0.3, 0.4) is 0 Å². The van der Waals surface area contributed by atoms with Crippen molar-refractivity contribution in [2.75, 3.05) is 51.1 Å². The second kappa shape index (κ2) is 9.50. The number of benzene rings is 2. The molecule has 0 radical (unpaired) electrons. The molecule has 0 aromatic heterocycles. The van der Waals surface area contributed by atoms with E-state index in [9.17, 15) is 5.11 Å². The Morgan fingerprint density at radius 3 is 2.20 bits per heavy atom. The predicted octanol–water partition coefficient (Wildman–Crippen LogP) is 3.47. The van der Waals surface area contributed by atoms with Crippen LogP contribution < -0.4 is 14.4 Å². The van der Waals surface area contributed by atoms with E-state index in [1.54, 1.807) is 14.2 Å². The molecule has 2 unspecified atom stereocenters. The van der Waals surface area contributed by atoms with Gasteiger partial charge in [-0.3, -0.25) is 4.90 Å². The van der Waals surface area contributed by atoms with Gasteiger partial charge in [0.1, 0.15) is 11.5 Å². The van der Waals surface area contributed by atoms with E-state index in [0.29, 0.717) is 6.42 Å². The zero-order valence-corrected chi connectivity index (χ0v) is 19.0. The number of piperazine rings is 1. The average Bonchev–Trinajstić information content (AvgIpc) is 2.78. The second-order valence-corrected chi connectivity index (χ2v) is 9.20. The molecule has 2 atom stereocenters. The Morgan fingerprint density at radius 2 is 1.57 bits per heavy atom. The van der Waals surface area contributed by atoms with Crippen molar-refractivity contribution in [1.29, 1.82) is 0 Å². The van der Waals surface area contributed by atoms with E-state index >= 15 is 0 Å². The zero-order valence-electron chi connectivity index (χ0n) is 18.1. The lowest BCUT2D eigenvalue weighted by atomic mass is 9.84. The second-order valence-electron chi connectivity index (χ2n) is 7.89. The minimum atomic E-state index is -0.395. The van der Waals surface area contributed by atoms with Gasteiger partial charge in [-0.15, -0.1) is 11.8 Å². The summed E-state index contributed by atoms with van der Waals surface area (Å²) in [4.78, 5) is 6.30. The largest absolute Gasteiger partial charge is 0.496 e. The number of para-hydroxylation sites is 1. The molecule has 2 aromatic carbocycles. The van der Waals surface area contributed by atoms with Crippen molar-refractivity contribution in [3.63, 3.8) is 0 Å². The number of ether oxygens (including phenoxy) is 2. The molecule has 1 aliphatic heterocycles. The van der Waals surface area contributed by atoms with E-state index in [4.69, 9.17) is 9.47 Å². The molecule has 5 nitrogen and oxygen atoms in total. The Bertz CT molecular complexity index is 868. The van der Waals surface area contributed by atoms with Crippen LogP contribution in [-0.4, -0.2) is 68.3 Å². The van der Waals surface area contributed by atoms with Crippen LogP contribution in [0.2, 0.25) is 0 Å². The molecule has 1 N–H and O–H groups in total. The number of thioether (sulfide) groups is 1. The molecule has 6 heteroatoms. The van der Waals surface area contributed by atoms with E-state index in [1.165, 1.54) is 16.1 Å². The summed E-state index contributed by atoms with van der Waals surface area (Å²) in [6, 6.07) is 12.7. The Kier molecular flexibility index (Phi) is 6.76. The van der Waals surface area contributed by atoms with Crippen LogP contribution in [0.25, 0.3) is 0 Å². The van der Waals surface area contributed by atoms with Crippen molar-refractivity contribution in [2.24, 2.45) is 0 Å². The third-order valence-corrected chi connectivity index (χ3v) is 7.29. The molecular formula is C24H32N2O3S. The van der Waals surface area contributed by atoms with Crippen LogP contribution in [0.15, 0.2) is 41.3 Å². The summed E-state index contributed by atoms with van der Waals surface area (Å²) in [5.74, 6) is 2.82. The topological polar surface area (TPSA) is 45.2 Å². The molecule has 1 saturated heterocycles. The van der Waals surface area contributed by atoms with Crippen molar-refractivity contribution >= 4 is 17.4 Å². The maximum Gasteiger partial charge on any atom is 0.122 e. The first-order chi connectivity index (χ1) is 14.7. The Morgan fingerprint density at radius 1 is 0.933 bits per heavy atom. The highest BCUT2D eigenvalue weighted by molar-refractivity contribution is 7.99. The molecule has 30 heavy (non-hydrogen) atoms. The maximum atomic E-state index is 11.0. The third kappa shape index (κ3) is 4.13. The number of methoxy groups -OCH3 is 2. The zero-order chi connectivity index (χ0) is 21.1. The van der Waals surface area contributed by atoms with Gasteiger partial charge >= 0.3 is 0 Å². The van der Waals surface area contributed by atoms with Gasteiger partial charge in [-0.25, -0.2) is 0 Å². The van der Waals surface area contributed by atoms with Crippen LogP contribution in [-0.2, 0) is 12.8 Å². The van der Waals surface area contributed by atoms with E-state index in [2.05, 4.69) is 41.0 Å². The molecule has 1 heterocycles. The molecule has 2 aromatic rings. The average molecular weight is 429 g/mol. The molecule has 0 amide bonds. The third-order valence-electron chi connectivity index (χ3n) is 6.34. The van der Waals surface area contributed by atoms with E-state index in [0.717, 1.165) is 55.4 Å². The molecular weight excluding hydrogens is 396 g/mol. The number of aliphatic hydroxyl groups is 1. The van der Waals surface area contributed by atoms with Crippen molar-refractivity contribution in [1.82, 2.24) is 4.90 Å². The van der Waals surface area contributed by atoms with Crippen molar-refractivity contribution < 1.29 is 14.6 Å². The molecule has 1 fully saturated rings. The van der Waals surface area contributed by atoms with Gasteiger partial charge in [0, 0.05) is 54.7 Å². The first-order valence-corrected chi connectivity index (χ1v) is 11.8. The van der Waals surface area contributed by atoms with E-state index < -0.39 is 6.10 Å². The minimum absolute atomic E-state index is 0.112. The summed E-state index contributed by atoms with van der Waals surface area (Å²) >= 11 is 1.90. The van der Waals surface area contributed by atoms with Crippen LogP contribution in [0.5, 0.6) is 11.5 Å². The SMILES string of the molecule is CCSc1ccccc1N1CCN(C2Cc3c(OC)ccc(OC)c3CC2O)CC1. The lowest BCUT2D eigenvalue weighted by molar-refractivity contribution is 0.0384. The molecule has 1 aliphatic carbocycles. The number of anilines is 1. The summed E-state index contributed by atoms with van der Waals surface area (Å²) in [5, 5.41) is 11.0. The number of fused-ring (bicyclic) bond motifs is 1. The Hall–Kier alpha value is -1.89. The van der Waals surface area contributed by atoms with Crippen molar-refractivity contribution in [3.05, 3.63) is 47.5 Å². The van der Waals surface area contributed by atoms with Crippen LogP contribution in [0, 0.1) is 0 Å². The summed E-state index contributed by atoms with van der Waals surface area (Å²) in [7, 11) is 3.40. The van der Waals surface area contributed by atoms with E-state index in [1.807, 2.05) is 23.9 Å². The maximum absolute atomic E-state index is 11.0. The minimum Gasteiger partial charge on any atom is -0.496 e. The number of hydrogen-bond acceptors (Lipinski definition) is 6. The Balaban J connectivity index is 1.48. The van der Waals surface area contributed by atoms with Gasteiger partial charge in [-0.1, -0.05) is 19.1 Å². The summed E-state index contributed by atoms with van der Waals surface area (Å²) in [6.07, 6.45) is 1.00. The van der Waals surface area contributed by atoms with Gasteiger partial charge in [-0.2, -0.15) is 0 Å². The quantitative estimate of drug-likeness (QED) is 0.711. The van der Waals surface area contributed by atoms with Gasteiger partial charge in [0.25, 0.3) is 0 Å². The van der Waals surface area contributed by atoms with Crippen LogP contribution >= 0.6 is 11.8 Å².